The molecular weight excluding hydrogens is 172 g/mol. The molecule has 1 N–H and O–H groups in total. The minimum Gasteiger partial charge on any atom is -0.481 e. The lowest BCUT2D eigenvalue weighted by Gasteiger charge is -1.90. The van der Waals surface area contributed by atoms with E-state index in [0.717, 1.165) is 12.8 Å². The first-order valence-corrected chi connectivity index (χ1v) is 4.34. The summed E-state index contributed by atoms with van der Waals surface area (Å²) in [6.07, 6.45) is 2.05. The van der Waals surface area contributed by atoms with Gasteiger partial charge in [0.25, 0.3) is 6.47 Å². The lowest BCUT2D eigenvalue weighted by molar-refractivity contribution is -0.140. The van der Waals surface area contributed by atoms with E-state index in [1.54, 1.807) is 13.8 Å². The van der Waals surface area contributed by atoms with Crippen LogP contribution >= 0.6 is 0 Å². The smallest absolute Gasteiger partial charge is 0.305 e. The van der Waals surface area contributed by atoms with Crippen LogP contribution in [0.15, 0.2) is 0 Å². The van der Waals surface area contributed by atoms with Crippen LogP contribution in [0.1, 0.15) is 33.6 Å². The zero-order valence-corrected chi connectivity index (χ0v) is 8.45. The van der Waals surface area contributed by atoms with Gasteiger partial charge < -0.3 is 9.84 Å². The van der Waals surface area contributed by atoms with Crippen LogP contribution in [0.3, 0.4) is 0 Å². The Balaban J connectivity index is 0. The van der Waals surface area contributed by atoms with E-state index in [-0.39, 0.29) is 5.92 Å². The molecule has 0 aromatic heterocycles. The molecule has 0 atom stereocenters. The molecular formula is C9H18O4. The minimum absolute atomic E-state index is 0.231. The Morgan fingerprint density at radius 2 is 2.00 bits per heavy atom. The van der Waals surface area contributed by atoms with Crippen molar-refractivity contribution < 1.29 is 19.4 Å². The number of aliphatic carboxylic acids is 1. The SMILES string of the molecule is CC(C)C(=O)O.CCCCOC=O. The Bertz CT molecular complexity index is 132. The van der Waals surface area contributed by atoms with Crippen molar-refractivity contribution in [3.63, 3.8) is 0 Å². The average Bonchev–Trinajstić information content (AvgIpc) is 2.06. The van der Waals surface area contributed by atoms with Crippen LogP contribution in [0, 0.1) is 5.92 Å². The lowest BCUT2D eigenvalue weighted by Crippen LogP contribution is -2.03. The summed E-state index contributed by atoms with van der Waals surface area (Å²) in [5, 5.41) is 7.99. The van der Waals surface area contributed by atoms with Gasteiger partial charge in [-0.25, -0.2) is 0 Å². The number of unbranched alkanes of at least 4 members (excludes halogenated alkanes) is 1. The topological polar surface area (TPSA) is 63.6 Å². The van der Waals surface area contributed by atoms with Crippen molar-refractivity contribution in [3.05, 3.63) is 0 Å². The molecule has 0 radical (unpaired) electrons. The highest BCUT2D eigenvalue weighted by Crippen LogP contribution is 1.87. The summed E-state index contributed by atoms with van der Waals surface area (Å²) < 4.78 is 4.39. The monoisotopic (exact) mass is 190 g/mol. The van der Waals surface area contributed by atoms with Gasteiger partial charge in [-0.05, 0) is 6.42 Å². The molecule has 0 aliphatic rings. The van der Waals surface area contributed by atoms with E-state index in [1.165, 1.54) is 0 Å². The standard InChI is InChI=1S/C5H10O2.C4H8O2/c1-2-3-4-7-5-6;1-3(2)4(5)6/h5H,2-4H2,1H3;3H,1-2H3,(H,5,6). The predicted molar refractivity (Wildman–Crippen MR) is 49.4 cm³/mol. The molecule has 0 aliphatic heterocycles. The molecule has 0 amide bonds. The second kappa shape index (κ2) is 10.9. The summed E-state index contributed by atoms with van der Waals surface area (Å²) in [5.74, 6) is -0.972. The maximum atomic E-state index is 9.70. The van der Waals surface area contributed by atoms with E-state index in [1.807, 2.05) is 6.92 Å². The molecule has 78 valence electrons. The number of carboxylic acids is 1. The van der Waals surface area contributed by atoms with Gasteiger partial charge in [-0.1, -0.05) is 27.2 Å². The van der Waals surface area contributed by atoms with Crippen LogP contribution in [0.2, 0.25) is 0 Å². The number of rotatable bonds is 5. The van der Waals surface area contributed by atoms with E-state index >= 15 is 0 Å². The Kier molecular flexibility index (Phi) is 12.2. The van der Waals surface area contributed by atoms with Gasteiger partial charge in [-0.2, -0.15) is 0 Å². The molecule has 0 fully saturated rings. The van der Waals surface area contributed by atoms with Gasteiger partial charge >= 0.3 is 5.97 Å². The van der Waals surface area contributed by atoms with Gasteiger partial charge in [-0.15, -0.1) is 0 Å². The van der Waals surface area contributed by atoms with Crippen molar-refractivity contribution in [1.29, 1.82) is 0 Å². The first-order valence-electron chi connectivity index (χ1n) is 4.34. The van der Waals surface area contributed by atoms with Crippen LogP contribution in [-0.4, -0.2) is 24.2 Å². The predicted octanol–water partition coefficient (Wildman–Crippen LogP) is 1.69. The van der Waals surface area contributed by atoms with Crippen LogP contribution in [0.25, 0.3) is 0 Å². The third-order valence-electron chi connectivity index (χ3n) is 1.18. The molecule has 0 aromatic rings. The molecule has 0 aliphatic carbocycles. The zero-order valence-electron chi connectivity index (χ0n) is 8.45. The number of carboxylic acid groups (broad SMARTS) is 1. The largest absolute Gasteiger partial charge is 0.481 e. The van der Waals surface area contributed by atoms with E-state index in [9.17, 15) is 9.59 Å². The summed E-state index contributed by atoms with van der Waals surface area (Å²) >= 11 is 0. The van der Waals surface area contributed by atoms with Crippen molar-refractivity contribution in [2.45, 2.75) is 33.6 Å². The molecule has 0 heterocycles. The fraction of sp³-hybridized carbons (Fsp3) is 0.778. The second-order valence-corrected chi connectivity index (χ2v) is 2.81. The van der Waals surface area contributed by atoms with Crippen LogP contribution < -0.4 is 0 Å². The first-order chi connectivity index (χ1) is 6.06. The first kappa shape index (κ1) is 14.5. The van der Waals surface area contributed by atoms with Crippen molar-refractivity contribution in [2.24, 2.45) is 5.92 Å². The summed E-state index contributed by atoms with van der Waals surface area (Å²) in [6.45, 7) is 6.38. The van der Waals surface area contributed by atoms with Crippen molar-refractivity contribution >= 4 is 12.4 Å². The van der Waals surface area contributed by atoms with Crippen molar-refractivity contribution in [1.82, 2.24) is 0 Å². The molecule has 0 aromatic carbocycles. The molecule has 0 rings (SSSR count). The summed E-state index contributed by atoms with van der Waals surface area (Å²) in [5.41, 5.74) is 0. The Hall–Kier alpha value is -1.06. The highest BCUT2D eigenvalue weighted by Gasteiger charge is 1.99. The molecule has 0 saturated heterocycles. The Morgan fingerprint density at radius 3 is 2.23 bits per heavy atom. The molecule has 0 spiro atoms. The number of hydrogen-bond acceptors (Lipinski definition) is 3. The third-order valence-corrected chi connectivity index (χ3v) is 1.18. The fourth-order valence-corrected chi connectivity index (χ4v) is 0.276. The van der Waals surface area contributed by atoms with E-state index in [0.29, 0.717) is 13.1 Å². The summed E-state index contributed by atoms with van der Waals surface area (Å²) in [7, 11) is 0. The Labute approximate surface area is 78.9 Å². The molecule has 0 saturated carbocycles. The number of hydrogen-bond donors (Lipinski definition) is 1. The highest BCUT2D eigenvalue weighted by molar-refractivity contribution is 5.68. The molecule has 4 heteroatoms. The number of carbonyl (C=O) groups is 2. The van der Waals surface area contributed by atoms with Crippen LogP contribution in [0.5, 0.6) is 0 Å². The van der Waals surface area contributed by atoms with Gasteiger partial charge in [0.15, 0.2) is 0 Å². The zero-order chi connectivity index (χ0) is 10.7. The average molecular weight is 190 g/mol. The summed E-state index contributed by atoms with van der Waals surface area (Å²) in [6, 6.07) is 0. The van der Waals surface area contributed by atoms with Gasteiger partial charge in [0.2, 0.25) is 0 Å². The normalized spacial score (nSPS) is 8.62. The van der Waals surface area contributed by atoms with Gasteiger partial charge in [0, 0.05) is 0 Å². The van der Waals surface area contributed by atoms with Crippen LogP contribution in [0.4, 0.5) is 0 Å². The van der Waals surface area contributed by atoms with Gasteiger partial charge in [0.1, 0.15) is 0 Å². The lowest BCUT2D eigenvalue weighted by atomic mass is 10.2. The summed E-state index contributed by atoms with van der Waals surface area (Å²) in [4.78, 5) is 19.2. The van der Waals surface area contributed by atoms with Crippen LogP contribution in [-0.2, 0) is 14.3 Å². The van der Waals surface area contributed by atoms with E-state index < -0.39 is 5.97 Å². The van der Waals surface area contributed by atoms with E-state index in [2.05, 4.69) is 4.74 Å². The highest BCUT2D eigenvalue weighted by atomic mass is 16.5. The second-order valence-electron chi connectivity index (χ2n) is 2.81. The Morgan fingerprint density at radius 1 is 1.54 bits per heavy atom. The maximum absolute atomic E-state index is 9.70. The number of carbonyl (C=O) groups excluding carboxylic acids is 1. The maximum Gasteiger partial charge on any atom is 0.305 e. The fourth-order valence-electron chi connectivity index (χ4n) is 0.276. The van der Waals surface area contributed by atoms with Gasteiger partial charge in [0.05, 0.1) is 12.5 Å². The van der Waals surface area contributed by atoms with Gasteiger partial charge in [-0.3, -0.25) is 9.59 Å². The molecule has 0 unspecified atom stereocenters. The molecule has 4 nitrogen and oxygen atoms in total. The minimum atomic E-state index is -0.741. The molecule has 13 heavy (non-hydrogen) atoms. The third kappa shape index (κ3) is 18.2. The van der Waals surface area contributed by atoms with E-state index in [4.69, 9.17) is 5.11 Å². The molecule has 0 bridgehead atoms. The van der Waals surface area contributed by atoms with Crippen molar-refractivity contribution in [2.75, 3.05) is 6.61 Å². The number of ether oxygens (including phenoxy) is 1. The van der Waals surface area contributed by atoms with Crippen molar-refractivity contribution in [3.8, 4) is 0 Å². The quantitative estimate of drug-likeness (QED) is 0.529.